The highest BCUT2D eigenvalue weighted by Crippen LogP contribution is 2.23. The Kier molecular flexibility index (Phi) is 5.64. The van der Waals surface area contributed by atoms with Crippen molar-refractivity contribution in [3.05, 3.63) is 39.7 Å². The van der Waals surface area contributed by atoms with E-state index in [0.717, 1.165) is 32.6 Å². The van der Waals surface area contributed by atoms with E-state index in [1.54, 1.807) is 12.1 Å². The van der Waals surface area contributed by atoms with Crippen LogP contribution in [0.1, 0.15) is 25.3 Å². The lowest BCUT2D eigenvalue weighted by Gasteiger charge is -2.32. The molecular formula is C15H22FN3O2. The van der Waals surface area contributed by atoms with E-state index < -0.39 is 16.4 Å². The Morgan fingerprint density at radius 1 is 1.52 bits per heavy atom. The van der Waals surface area contributed by atoms with Gasteiger partial charge in [0.05, 0.1) is 4.92 Å². The molecule has 0 saturated carbocycles. The summed E-state index contributed by atoms with van der Waals surface area (Å²) in [5.74, 6) is -0.128. The van der Waals surface area contributed by atoms with Crippen LogP contribution in [0.2, 0.25) is 0 Å². The van der Waals surface area contributed by atoms with Gasteiger partial charge < -0.3 is 5.32 Å². The molecule has 1 heterocycles. The molecule has 0 spiro atoms. The molecule has 0 aromatic heterocycles. The Morgan fingerprint density at radius 2 is 2.33 bits per heavy atom. The minimum absolute atomic E-state index is 0.410. The number of nitro benzene ring substituents is 1. The number of hydrogen-bond acceptors (Lipinski definition) is 4. The van der Waals surface area contributed by atoms with Crippen molar-refractivity contribution in [3.8, 4) is 0 Å². The highest BCUT2D eigenvalue weighted by molar-refractivity contribution is 5.36. The fourth-order valence-electron chi connectivity index (χ4n) is 2.88. The molecule has 0 radical (unpaired) electrons. The van der Waals surface area contributed by atoms with E-state index in [4.69, 9.17) is 0 Å². The number of halogens is 1. The van der Waals surface area contributed by atoms with Crippen molar-refractivity contribution in [2.75, 3.05) is 26.2 Å². The van der Waals surface area contributed by atoms with Crippen molar-refractivity contribution in [3.63, 3.8) is 0 Å². The van der Waals surface area contributed by atoms with Crippen molar-refractivity contribution in [2.45, 2.75) is 26.3 Å². The molecule has 116 valence electrons. The summed E-state index contributed by atoms with van der Waals surface area (Å²) in [7, 11) is 0. The number of piperidine rings is 1. The quantitative estimate of drug-likeness (QED) is 0.647. The summed E-state index contributed by atoms with van der Waals surface area (Å²) >= 11 is 0. The predicted molar refractivity (Wildman–Crippen MR) is 79.6 cm³/mol. The molecule has 1 aromatic rings. The third-order valence-corrected chi connectivity index (χ3v) is 3.94. The molecule has 0 aliphatic carbocycles. The van der Waals surface area contributed by atoms with E-state index in [9.17, 15) is 14.5 Å². The molecule has 6 heteroatoms. The third kappa shape index (κ3) is 4.22. The zero-order valence-corrected chi connectivity index (χ0v) is 12.3. The topological polar surface area (TPSA) is 58.4 Å². The summed E-state index contributed by atoms with van der Waals surface area (Å²) in [6, 6.07) is 4.40. The summed E-state index contributed by atoms with van der Waals surface area (Å²) in [5.41, 5.74) is -0.0259. The van der Waals surface area contributed by atoms with Crippen LogP contribution >= 0.6 is 0 Å². The van der Waals surface area contributed by atoms with Crippen molar-refractivity contribution in [1.82, 2.24) is 10.2 Å². The van der Waals surface area contributed by atoms with Crippen molar-refractivity contribution in [2.24, 2.45) is 5.92 Å². The van der Waals surface area contributed by atoms with E-state index in [-0.39, 0.29) is 0 Å². The number of benzene rings is 1. The highest BCUT2D eigenvalue weighted by atomic mass is 19.1. The van der Waals surface area contributed by atoms with Gasteiger partial charge in [-0.2, -0.15) is 4.39 Å². The Bertz CT molecular complexity index is 496. The molecule has 1 aromatic carbocycles. The van der Waals surface area contributed by atoms with Crippen LogP contribution in [0.3, 0.4) is 0 Å². The second kappa shape index (κ2) is 7.47. The smallest absolute Gasteiger partial charge is 0.305 e. The molecule has 21 heavy (non-hydrogen) atoms. The molecule has 1 atom stereocenters. The van der Waals surface area contributed by atoms with Gasteiger partial charge in [0, 0.05) is 24.7 Å². The van der Waals surface area contributed by atoms with Crippen molar-refractivity contribution < 1.29 is 9.31 Å². The summed E-state index contributed by atoms with van der Waals surface area (Å²) in [5, 5.41) is 14.1. The lowest BCUT2D eigenvalue weighted by atomic mass is 9.97. The van der Waals surface area contributed by atoms with E-state index in [1.807, 2.05) is 0 Å². The van der Waals surface area contributed by atoms with Gasteiger partial charge in [-0.15, -0.1) is 0 Å². The lowest BCUT2D eigenvalue weighted by Crippen LogP contribution is -2.39. The van der Waals surface area contributed by atoms with Gasteiger partial charge in [-0.25, -0.2) is 0 Å². The van der Waals surface area contributed by atoms with E-state index in [1.165, 1.54) is 12.5 Å². The average Bonchev–Trinajstić information content (AvgIpc) is 2.47. The first-order valence-corrected chi connectivity index (χ1v) is 7.46. The van der Waals surface area contributed by atoms with E-state index in [0.29, 0.717) is 18.0 Å². The SMILES string of the molecule is CCNCC1CCCN(Cc2cccc([N+](=O)[O-])c2F)C1. The molecule has 1 fully saturated rings. The fraction of sp³-hybridized carbons (Fsp3) is 0.600. The van der Waals surface area contributed by atoms with E-state index in [2.05, 4.69) is 17.1 Å². The summed E-state index contributed by atoms with van der Waals surface area (Å²) in [6.07, 6.45) is 2.27. The summed E-state index contributed by atoms with van der Waals surface area (Å²) < 4.78 is 14.1. The minimum Gasteiger partial charge on any atom is -0.317 e. The zero-order chi connectivity index (χ0) is 15.2. The van der Waals surface area contributed by atoms with Gasteiger partial charge in [-0.05, 0) is 38.4 Å². The second-order valence-electron chi connectivity index (χ2n) is 5.56. The molecule has 0 amide bonds. The Balaban J connectivity index is 2.01. The van der Waals surface area contributed by atoms with Crippen LogP contribution in [0.25, 0.3) is 0 Å². The Hall–Kier alpha value is -1.53. The number of rotatable bonds is 6. The second-order valence-corrected chi connectivity index (χ2v) is 5.56. The molecule has 1 aliphatic heterocycles. The fourth-order valence-corrected chi connectivity index (χ4v) is 2.88. The van der Waals surface area contributed by atoms with Crippen LogP contribution in [0.15, 0.2) is 18.2 Å². The standard InChI is InChI=1S/C15H22FN3O2/c1-2-17-9-12-5-4-8-18(10-12)11-13-6-3-7-14(15(13)16)19(20)21/h3,6-7,12,17H,2,4-5,8-11H2,1H3. The summed E-state index contributed by atoms with van der Waals surface area (Å²) in [4.78, 5) is 12.3. The Morgan fingerprint density at radius 3 is 3.05 bits per heavy atom. The molecule has 1 aliphatic rings. The molecule has 2 rings (SSSR count). The maximum atomic E-state index is 14.1. The van der Waals surface area contributed by atoms with Crippen LogP contribution in [-0.4, -0.2) is 36.0 Å². The Labute approximate surface area is 124 Å². The highest BCUT2D eigenvalue weighted by Gasteiger charge is 2.23. The van der Waals surface area contributed by atoms with Crippen molar-refractivity contribution in [1.29, 1.82) is 0 Å². The van der Waals surface area contributed by atoms with E-state index >= 15 is 0 Å². The number of nitro groups is 1. The maximum absolute atomic E-state index is 14.1. The lowest BCUT2D eigenvalue weighted by molar-refractivity contribution is -0.387. The van der Waals surface area contributed by atoms with Crippen LogP contribution in [-0.2, 0) is 6.54 Å². The monoisotopic (exact) mass is 295 g/mol. The molecule has 1 N–H and O–H groups in total. The minimum atomic E-state index is -0.698. The van der Waals surface area contributed by atoms with Gasteiger partial charge >= 0.3 is 5.69 Å². The predicted octanol–water partition coefficient (Wildman–Crippen LogP) is 2.56. The van der Waals surface area contributed by atoms with Crippen molar-refractivity contribution >= 4 is 5.69 Å². The maximum Gasteiger partial charge on any atom is 0.305 e. The van der Waals surface area contributed by atoms with Crippen LogP contribution in [0.5, 0.6) is 0 Å². The van der Waals surface area contributed by atoms with Gasteiger partial charge in [0.1, 0.15) is 0 Å². The average molecular weight is 295 g/mol. The van der Waals surface area contributed by atoms with Crippen LogP contribution < -0.4 is 5.32 Å². The first-order chi connectivity index (χ1) is 10.1. The molecule has 1 unspecified atom stereocenters. The number of hydrogen-bond donors (Lipinski definition) is 1. The molecule has 5 nitrogen and oxygen atoms in total. The number of nitrogens with zero attached hydrogens (tertiary/aromatic N) is 2. The molecule has 1 saturated heterocycles. The van der Waals surface area contributed by atoms with Gasteiger partial charge in [-0.1, -0.05) is 19.1 Å². The van der Waals surface area contributed by atoms with Gasteiger partial charge in [0.2, 0.25) is 5.82 Å². The first-order valence-electron chi connectivity index (χ1n) is 7.46. The number of nitrogens with one attached hydrogen (secondary N) is 1. The molecule has 0 bridgehead atoms. The largest absolute Gasteiger partial charge is 0.317 e. The normalized spacial score (nSPS) is 19.6. The van der Waals surface area contributed by atoms with Crippen LogP contribution in [0, 0.1) is 21.8 Å². The van der Waals surface area contributed by atoms with Gasteiger partial charge in [-0.3, -0.25) is 15.0 Å². The zero-order valence-electron chi connectivity index (χ0n) is 12.3. The molecular weight excluding hydrogens is 273 g/mol. The summed E-state index contributed by atoms with van der Waals surface area (Å²) in [6.45, 7) is 6.29. The number of likely N-dealkylation sites (tertiary alicyclic amines) is 1. The van der Waals surface area contributed by atoms with Crippen LogP contribution in [0.4, 0.5) is 10.1 Å². The third-order valence-electron chi connectivity index (χ3n) is 3.94. The van der Waals surface area contributed by atoms with Gasteiger partial charge in [0.15, 0.2) is 0 Å². The van der Waals surface area contributed by atoms with Gasteiger partial charge in [0.25, 0.3) is 0 Å². The first kappa shape index (κ1) is 15.9.